The van der Waals surface area contributed by atoms with Gasteiger partial charge in [0.15, 0.2) is 0 Å². The Morgan fingerprint density at radius 1 is 1.33 bits per heavy atom. The molecule has 2 rings (SSSR count). The fraction of sp³-hybridized carbons (Fsp3) is 0.200. The van der Waals surface area contributed by atoms with E-state index in [1.807, 2.05) is 6.07 Å². The Morgan fingerprint density at radius 2 is 2.17 bits per heavy atom. The van der Waals surface area contributed by atoms with Crippen molar-refractivity contribution < 1.29 is 4.39 Å². The Hall–Kier alpha value is -0.890. The van der Waals surface area contributed by atoms with E-state index in [-0.39, 0.29) is 5.82 Å². The summed E-state index contributed by atoms with van der Waals surface area (Å²) in [5.74, 6) is -0.150. The van der Waals surface area contributed by atoms with Crippen molar-refractivity contribution in [2.45, 2.75) is 13.3 Å². The number of benzene rings is 1. The molecule has 0 atom stereocenters. The number of hydrogen-bond acceptors (Lipinski definition) is 1. The minimum Gasteiger partial charge on any atom is -0.207 e. The van der Waals surface area contributed by atoms with Crippen LogP contribution in [0.4, 0.5) is 4.39 Å². The summed E-state index contributed by atoms with van der Waals surface area (Å²) >= 11 is 1.74. The van der Waals surface area contributed by atoms with Crippen molar-refractivity contribution in [2.75, 3.05) is 0 Å². The molecule has 2 aromatic rings. The van der Waals surface area contributed by atoms with Crippen molar-refractivity contribution in [3.8, 4) is 0 Å². The molecule has 1 aromatic heterocycles. The monoisotopic (exact) mass is 180 g/mol. The third-order valence-corrected chi connectivity index (χ3v) is 3.14. The van der Waals surface area contributed by atoms with Gasteiger partial charge in [0.05, 0.1) is 0 Å². The number of fused-ring (bicyclic) bond motifs is 1. The summed E-state index contributed by atoms with van der Waals surface area (Å²) in [7, 11) is 0. The van der Waals surface area contributed by atoms with Crippen molar-refractivity contribution in [3.05, 3.63) is 35.0 Å². The molecule has 0 radical (unpaired) electrons. The minimum atomic E-state index is -0.150. The Bertz CT molecular complexity index is 403. The largest absolute Gasteiger partial charge is 0.207 e. The molecule has 1 heterocycles. The van der Waals surface area contributed by atoms with E-state index in [9.17, 15) is 4.39 Å². The van der Waals surface area contributed by atoms with Crippen LogP contribution >= 0.6 is 11.3 Å². The van der Waals surface area contributed by atoms with Crippen LogP contribution in [0, 0.1) is 5.82 Å². The highest BCUT2D eigenvalue weighted by Crippen LogP contribution is 2.26. The molecule has 12 heavy (non-hydrogen) atoms. The third kappa shape index (κ3) is 1.23. The highest BCUT2D eigenvalue weighted by Gasteiger charge is 2.00. The van der Waals surface area contributed by atoms with Gasteiger partial charge in [-0.3, -0.25) is 0 Å². The normalized spacial score (nSPS) is 10.8. The topological polar surface area (TPSA) is 0 Å². The third-order valence-electron chi connectivity index (χ3n) is 1.88. The van der Waals surface area contributed by atoms with Gasteiger partial charge in [-0.1, -0.05) is 6.92 Å². The van der Waals surface area contributed by atoms with E-state index >= 15 is 0 Å². The molecule has 0 spiro atoms. The lowest BCUT2D eigenvalue weighted by atomic mass is 10.2. The summed E-state index contributed by atoms with van der Waals surface area (Å²) in [6, 6.07) is 7.00. The number of aryl methyl sites for hydroxylation is 1. The quantitative estimate of drug-likeness (QED) is 0.629. The molecule has 0 aliphatic rings. The Morgan fingerprint density at radius 3 is 2.92 bits per heavy atom. The van der Waals surface area contributed by atoms with Crippen LogP contribution in [0.3, 0.4) is 0 Å². The van der Waals surface area contributed by atoms with Crippen molar-refractivity contribution in [1.82, 2.24) is 0 Å². The number of rotatable bonds is 1. The lowest BCUT2D eigenvalue weighted by Gasteiger charge is -1.86. The number of hydrogen-bond donors (Lipinski definition) is 0. The van der Waals surface area contributed by atoms with E-state index in [1.165, 1.54) is 15.6 Å². The van der Waals surface area contributed by atoms with Gasteiger partial charge < -0.3 is 0 Å². The van der Waals surface area contributed by atoms with Crippen LogP contribution in [0.1, 0.15) is 11.8 Å². The van der Waals surface area contributed by atoms with E-state index < -0.39 is 0 Å². The minimum absolute atomic E-state index is 0.150. The first-order chi connectivity index (χ1) is 5.79. The number of halogens is 1. The van der Waals surface area contributed by atoms with Crippen LogP contribution in [0.2, 0.25) is 0 Å². The van der Waals surface area contributed by atoms with Gasteiger partial charge in [0.2, 0.25) is 0 Å². The molecule has 62 valence electrons. The van der Waals surface area contributed by atoms with Gasteiger partial charge in [0, 0.05) is 9.58 Å². The van der Waals surface area contributed by atoms with Crippen LogP contribution in [-0.4, -0.2) is 0 Å². The Kier molecular flexibility index (Phi) is 1.85. The van der Waals surface area contributed by atoms with E-state index in [0.29, 0.717) is 0 Å². The zero-order valence-corrected chi connectivity index (χ0v) is 7.62. The Balaban J connectivity index is 2.67. The molecule has 0 bridgehead atoms. The molecule has 0 aliphatic heterocycles. The predicted molar refractivity (Wildman–Crippen MR) is 51.2 cm³/mol. The molecule has 0 fully saturated rings. The van der Waals surface area contributed by atoms with E-state index in [1.54, 1.807) is 17.4 Å². The Labute approximate surface area is 74.6 Å². The summed E-state index contributed by atoms with van der Waals surface area (Å²) in [4.78, 5) is 1.32. The molecule has 0 nitrogen and oxygen atoms in total. The van der Waals surface area contributed by atoms with Gasteiger partial charge in [-0.15, -0.1) is 11.3 Å². The highest BCUT2D eigenvalue weighted by atomic mass is 32.1. The molecule has 0 aliphatic carbocycles. The summed E-state index contributed by atoms with van der Waals surface area (Å²) < 4.78 is 13.9. The van der Waals surface area contributed by atoms with Crippen LogP contribution in [-0.2, 0) is 6.42 Å². The fourth-order valence-corrected chi connectivity index (χ4v) is 2.23. The standard InChI is InChI=1S/C10H9FS/c1-2-9-6-7-5-8(11)3-4-10(7)12-9/h3-6H,2H2,1H3. The molecule has 0 saturated heterocycles. The molecule has 2 heteroatoms. The summed E-state index contributed by atoms with van der Waals surface area (Å²) in [6.45, 7) is 2.11. The lowest BCUT2D eigenvalue weighted by Crippen LogP contribution is -1.69. The van der Waals surface area contributed by atoms with Gasteiger partial charge in [-0.05, 0) is 36.1 Å². The average molecular weight is 180 g/mol. The maximum Gasteiger partial charge on any atom is 0.123 e. The molecule has 0 saturated carbocycles. The zero-order valence-electron chi connectivity index (χ0n) is 6.80. The maximum atomic E-state index is 12.8. The molecule has 0 unspecified atom stereocenters. The fourth-order valence-electron chi connectivity index (χ4n) is 1.24. The first-order valence-corrected chi connectivity index (χ1v) is 4.79. The van der Waals surface area contributed by atoms with Gasteiger partial charge in [0.1, 0.15) is 5.82 Å². The highest BCUT2D eigenvalue weighted by molar-refractivity contribution is 7.19. The maximum absolute atomic E-state index is 12.8. The van der Waals surface area contributed by atoms with E-state index in [0.717, 1.165) is 11.8 Å². The van der Waals surface area contributed by atoms with Gasteiger partial charge in [0.25, 0.3) is 0 Å². The van der Waals surface area contributed by atoms with Gasteiger partial charge in [-0.25, -0.2) is 4.39 Å². The smallest absolute Gasteiger partial charge is 0.123 e. The van der Waals surface area contributed by atoms with E-state index in [4.69, 9.17) is 0 Å². The summed E-state index contributed by atoms with van der Waals surface area (Å²) in [5, 5.41) is 1.02. The van der Waals surface area contributed by atoms with Gasteiger partial charge >= 0.3 is 0 Å². The second kappa shape index (κ2) is 2.87. The first-order valence-electron chi connectivity index (χ1n) is 3.97. The second-order valence-electron chi connectivity index (χ2n) is 2.75. The zero-order chi connectivity index (χ0) is 8.55. The molecular formula is C10H9FS. The van der Waals surface area contributed by atoms with Crippen LogP contribution in [0.25, 0.3) is 10.1 Å². The molecular weight excluding hydrogens is 171 g/mol. The second-order valence-corrected chi connectivity index (χ2v) is 3.92. The average Bonchev–Trinajstić information content (AvgIpc) is 2.46. The first kappa shape index (κ1) is 7.74. The van der Waals surface area contributed by atoms with Crippen LogP contribution < -0.4 is 0 Å². The van der Waals surface area contributed by atoms with Crippen molar-refractivity contribution in [3.63, 3.8) is 0 Å². The van der Waals surface area contributed by atoms with Crippen molar-refractivity contribution in [1.29, 1.82) is 0 Å². The SMILES string of the molecule is CCc1cc2cc(F)ccc2s1. The molecule has 0 N–H and O–H groups in total. The molecule has 0 amide bonds. The van der Waals surface area contributed by atoms with Crippen molar-refractivity contribution >= 4 is 21.4 Å². The van der Waals surface area contributed by atoms with Crippen LogP contribution in [0.5, 0.6) is 0 Å². The lowest BCUT2D eigenvalue weighted by molar-refractivity contribution is 0.630. The van der Waals surface area contributed by atoms with Crippen LogP contribution in [0.15, 0.2) is 24.3 Å². The summed E-state index contributed by atoms with van der Waals surface area (Å²) in [5.41, 5.74) is 0. The number of thiophene rings is 1. The summed E-state index contributed by atoms with van der Waals surface area (Å²) in [6.07, 6.45) is 1.03. The predicted octanol–water partition coefficient (Wildman–Crippen LogP) is 3.60. The molecule has 1 aromatic carbocycles. The van der Waals surface area contributed by atoms with E-state index in [2.05, 4.69) is 13.0 Å². The van der Waals surface area contributed by atoms with Gasteiger partial charge in [-0.2, -0.15) is 0 Å². The van der Waals surface area contributed by atoms with Crippen molar-refractivity contribution in [2.24, 2.45) is 0 Å².